The summed E-state index contributed by atoms with van der Waals surface area (Å²) in [4.78, 5) is 29.6. The molecule has 0 spiro atoms. The van der Waals surface area contributed by atoms with Crippen molar-refractivity contribution in [3.05, 3.63) is 71.5 Å². The van der Waals surface area contributed by atoms with Gasteiger partial charge in [-0.15, -0.1) is 11.3 Å². The molecule has 0 atom stereocenters. The first kappa shape index (κ1) is 25.4. The van der Waals surface area contributed by atoms with Gasteiger partial charge >= 0.3 is 0 Å². The van der Waals surface area contributed by atoms with Crippen LogP contribution in [0.1, 0.15) is 10.6 Å². The van der Waals surface area contributed by atoms with Crippen LogP contribution < -0.4 is 30.2 Å². The fourth-order valence-electron chi connectivity index (χ4n) is 3.19. The molecule has 0 saturated carbocycles. The van der Waals surface area contributed by atoms with Gasteiger partial charge in [0.1, 0.15) is 23.1 Å². The van der Waals surface area contributed by atoms with E-state index in [1.165, 1.54) is 30.7 Å². The zero-order valence-corrected chi connectivity index (χ0v) is 21.3. The quantitative estimate of drug-likeness (QED) is 0.236. The number of methoxy groups -OCH3 is 2. The van der Waals surface area contributed by atoms with Crippen LogP contribution in [-0.4, -0.2) is 40.1 Å². The molecular formula is C25H25N7O4S. The zero-order chi connectivity index (χ0) is 26.2. The number of aryl methyl sites for hydroxylation is 1. The van der Waals surface area contributed by atoms with Gasteiger partial charge in [0.2, 0.25) is 17.7 Å². The second-order valence-electron chi connectivity index (χ2n) is 7.49. The highest BCUT2D eigenvalue weighted by Gasteiger charge is 2.16. The van der Waals surface area contributed by atoms with E-state index in [9.17, 15) is 4.79 Å². The number of hydrogen-bond acceptors (Lipinski definition) is 11. The van der Waals surface area contributed by atoms with Crippen LogP contribution in [0.25, 0.3) is 0 Å². The van der Waals surface area contributed by atoms with E-state index in [1.807, 2.05) is 12.3 Å². The molecule has 0 aliphatic rings. The third-order valence-electron chi connectivity index (χ3n) is 5.06. The van der Waals surface area contributed by atoms with Crippen LogP contribution in [0.3, 0.4) is 0 Å². The number of anilines is 5. The van der Waals surface area contributed by atoms with Crippen LogP contribution in [0.5, 0.6) is 17.4 Å². The summed E-state index contributed by atoms with van der Waals surface area (Å²) in [5.74, 6) is 1.58. The number of ether oxygens (including phenoxy) is 3. The van der Waals surface area contributed by atoms with Gasteiger partial charge in [0.15, 0.2) is 11.6 Å². The van der Waals surface area contributed by atoms with E-state index < -0.39 is 5.91 Å². The minimum atomic E-state index is -0.396. The molecule has 0 radical (unpaired) electrons. The number of para-hydroxylation sites is 1. The number of carbonyl (C=O) groups is 1. The lowest BCUT2D eigenvalue weighted by Crippen LogP contribution is -2.12. The highest BCUT2D eigenvalue weighted by Crippen LogP contribution is 2.37. The number of pyridine rings is 1. The van der Waals surface area contributed by atoms with Gasteiger partial charge in [-0.3, -0.25) is 4.79 Å². The standard InChI is InChI=1S/C25H25N7O4S/c1-5-20(33)31-23-16(7-6-8-18(23)36-14-22-26-9-10-37-22)29-24-19(34-3)13-28-25(32-24)30-17-11-21(35-4)27-12-15(17)2/h5-13H,1,14H2,2-4H3,(H,31,33)(H2,27,28,29,30,32). The van der Waals surface area contributed by atoms with Gasteiger partial charge in [-0.05, 0) is 30.7 Å². The molecule has 0 unspecified atom stereocenters. The Hall–Kier alpha value is -4.71. The first-order chi connectivity index (χ1) is 18.0. The summed E-state index contributed by atoms with van der Waals surface area (Å²) < 4.78 is 16.6. The maximum Gasteiger partial charge on any atom is 0.247 e. The molecule has 11 nitrogen and oxygen atoms in total. The minimum absolute atomic E-state index is 0.248. The summed E-state index contributed by atoms with van der Waals surface area (Å²) in [6, 6.07) is 7.08. The monoisotopic (exact) mass is 519 g/mol. The highest BCUT2D eigenvalue weighted by atomic mass is 32.1. The fraction of sp³-hybridized carbons (Fsp3) is 0.160. The van der Waals surface area contributed by atoms with E-state index in [4.69, 9.17) is 14.2 Å². The number of hydrogen-bond donors (Lipinski definition) is 3. The van der Waals surface area contributed by atoms with Crippen molar-refractivity contribution in [2.45, 2.75) is 13.5 Å². The summed E-state index contributed by atoms with van der Waals surface area (Å²) >= 11 is 1.48. The Labute approximate surface area is 217 Å². The number of thiazole rings is 1. The number of nitrogens with one attached hydrogen (secondary N) is 3. The van der Waals surface area contributed by atoms with E-state index in [1.54, 1.807) is 43.8 Å². The van der Waals surface area contributed by atoms with Gasteiger partial charge in [-0.1, -0.05) is 12.6 Å². The van der Waals surface area contributed by atoms with E-state index in [0.717, 1.165) is 16.3 Å². The van der Waals surface area contributed by atoms with Crippen molar-refractivity contribution in [2.24, 2.45) is 0 Å². The van der Waals surface area contributed by atoms with Crippen molar-refractivity contribution in [3.63, 3.8) is 0 Å². The first-order valence-corrected chi connectivity index (χ1v) is 11.9. The predicted octanol–water partition coefficient (Wildman–Crippen LogP) is 4.84. The molecule has 3 heterocycles. The molecule has 1 aromatic carbocycles. The number of benzene rings is 1. The Morgan fingerprint density at radius 3 is 2.68 bits per heavy atom. The Morgan fingerprint density at radius 1 is 1.08 bits per heavy atom. The van der Waals surface area contributed by atoms with Crippen LogP contribution in [0.4, 0.5) is 28.8 Å². The molecule has 3 N–H and O–H groups in total. The van der Waals surface area contributed by atoms with Gasteiger partial charge in [0, 0.05) is 23.8 Å². The Kier molecular flexibility index (Phi) is 8.11. The van der Waals surface area contributed by atoms with Gasteiger partial charge in [-0.25, -0.2) is 15.0 Å². The summed E-state index contributed by atoms with van der Waals surface area (Å²) in [6.07, 6.45) is 6.12. The lowest BCUT2D eigenvalue weighted by Gasteiger charge is -2.18. The van der Waals surface area contributed by atoms with Gasteiger partial charge in [-0.2, -0.15) is 4.98 Å². The second-order valence-corrected chi connectivity index (χ2v) is 8.47. The van der Waals surface area contributed by atoms with Crippen molar-refractivity contribution in [2.75, 3.05) is 30.2 Å². The van der Waals surface area contributed by atoms with E-state index in [-0.39, 0.29) is 6.61 Å². The molecule has 4 rings (SSSR count). The lowest BCUT2D eigenvalue weighted by atomic mass is 10.2. The summed E-state index contributed by atoms with van der Waals surface area (Å²) in [7, 11) is 3.06. The SMILES string of the molecule is C=CC(=O)Nc1c(Nc2nc(Nc3cc(OC)ncc3C)ncc2OC)cccc1OCc1nccs1. The lowest BCUT2D eigenvalue weighted by molar-refractivity contribution is -0.111. The second kappa shape index (κ2) is 11.8. The van der Waals surface area contributed by atoms with Crippen LogP contribution >= 0.6 is 11.3 Å². The predicted molar refractivity (Wildman–Crippen MR) is 142 cm³/mol. The van der Waals surface area contributed by atoms with Crippen molar-refractivity contribution >= 4 is 46.1 Å². The topological polar surface area (TPSA) is 132 Å². The molecule has 0 fully saturated rings. The van der Waals surface area contributed by atoms with E-state index in [0.29, 0.717) is 40.5 Å². The van der Waals surface area contributed by atoms with Crippen LogP contribution in [0, 0.1) is 6.92 Å². The van der Waals surface area contributed by atoms with Gasteiger partial charge in [0.25, 0.3) is 0 Å². The van der Waals surface area contributed by atoms with Crippen LogP contribution in [-0.2, 0) is 11.4 Å². The summed E-state index contributed by atoms with van der Waals surface area (Å²) in [5, 5.41) is 11.9. The molecule has 1 amide bonds. The number of amides is 1. The molecule has 12 heteroatoms. The molecule has 0 saturated heterocycles. The smallest absolute Gasteiger partial charge is 0.247 e. The normalized spacial score (nSPS) is 10.4. The number of nitrogens with zero attached hydrogens (tertiary/aromatic N) is 4. The third kappa shape index (κ3) is 6.30. The number of carbonyl (C=O) groups excluding carboxylic acids is 1. The number of rotatable bonds is 11. The summed E-state index contributed by atoms with van der Waals surface area (Å²) in [6.45, 7) is 5.69. The average molecular weight is 520 g/mol. The molecule has 190 valence electrons. The van der Waals surface area contributed by atoms with Crippen molar-refractivity contribution < 1.29 is 19.0 Å². The molecule has 0 aliphatic heterocycles. The highest BCUT2D eigenvalue weighted by molar-refractivity contribution is 7.09. The van der Waals surface area contributed by atoms with E-state index in [2.05, 4.69) is 42.5 Å². The Balaban J connectivity index is 1.66. The molecule has 0 bridgehead atoms. The molecule has 0 aliphatic carbocycles. The van der Waals surface area contributed by atoms with Gasteiger partial charge in [0.05, 0.1) is 31.8 Å². The molecule has 37 heavy (non-hydrogen) atoms. The van der Waals surface area contributed by atoms with Crippen molar-refractivity contribution in [3.8, 4) is 17.4 Å². The zero-order valence-electron chi connectivity index (χ0n) is 20.4. The van der Waals surface area contributed by atoms with Crippen LogP contribution in [0.15, 0.2) is 60.9 Å². The molecule has 3 aromatic heterocycles. The van der Waals surface area contributed by atoms with Crippen LogP contribution in [0.2, 0.25) is 0 Å². The number of aromatic nitrogens is 4. The van der Waals surface area contributed by atoms with E-state index >= 15 is 0 Å². The fourth-order valence-corrected chi connectivity index (χ4v) is 3.72. The third-order valence-corrected chi connectivity index (χ3v) is 5.81. The Bertz CT molecular complexity index is 1400. The first-order valence-electron chi connectivity index (χ1n) is 11.0. The summed E-state index contributed by atoms with van der Waals surface area (Å²) in [5.41, 5.74) is 2.55. The van der Waals surface area contributed by atoms with Crippen molar-refractivity contribution in [1.29, 1.82) is 0 Å². The molecule has 4 aromatic rings. The largest absolute Gasteiger partial charge is 0.491 e. The molecular weight excluding hydrogens is 494 g/mol. The maximum absolute atomic E-state index is 12.2. The van der Waals surface area contributed by atoms with Gasteiger partial charge < -0.3 is 30.2 Å². The van der Waals surface area contributed by atoms with Crippen molar-refractivity contribution in [1.82, 2.24) is 19.9 Å². The minimum Gasteiger partial charge on any atom is -0.491 e. The average Bonchev–Trinajstić information content (AvgIpc) is 3.44. The Morgan fingerprint density at radius 2 is 1.95 bits per heavy atom. The maximum atomic E-state index is 12.2.